The van der Waals surface area contributed by atoms with Crippen LogP contribution in [0, 0.1) is 0 Å². The molecule has 0 aliphatic rings. The Kier molecular flexibility index (Phi) is 8.15. The van der Waals surface area contributed by atoms with Gasteiger partial charge in [0, 0.05) is 0 Å². The molecule has 0 heterocycles. The van der Waals surface area contributed by atoms with Crippen LogP contribution in [0.25, 0.3) is 0 Å². The second kappa shape index (κ2) is 9.48. The molecule has 1 aromatic rings. The van der Waals surface area contributed by atoms with E-state index in [1.54, 1.807) is 0 Å². The molecule has 0 unspecified atom stereocenters. The van der Waals surface area contributed by atoms with E-state index in [2.05, 4.69) is 18.8 Å². The predicted octanol–water partition coefficient (Wildman–Crippen LogP) is 1.92. The van der Waals surface area contributed by atoms with E-state index >= 15 is 0 Å². The van der Waals surface area contributed by atoms with E-state index in [-0.39, 0.29) is 11.1 Å². The lowest BCUT2D eigenvalue weighted by Gasteiger charge is -2.13. The number of carbonyl (C=O) groups excluding carboxylic acids is 2. The van der Waals surface area contributed by atoms with Gasteiger partial charge in [-0.05, 0) is 11.1 Å². The van der Waals surface area contributed by atoms with E-state index in [0.717, 1.165) is 0 Å². The summed E-state index contributed by atoms with van der Waals surface area (Å²) in [5, 5.41) is 1.36. The van der Waals surface area contributed by atoms with Gasteiger partial charge in [-0.1, -0.05) is 29.3 Å². The van der Waals surface area contributed by atoms with Crippen molar-refractivity contribution in [1.29, 1.82) is 0 Å². The molecule has 0 fully saturated rings. The van der Waals surface area contributed by atoms with Crippen LogP contribution in [-0.4, -0.2) is 40.7 Å². The van der Waals surface area contributed by atoms with Gasteiger partial charge in [0.15, 0.2) is 0 Å². The molecule has 0 saturated heterocycles. The maximum Gasteiger partial charge on any atom is 0.465 e. The van der Waals surface area contributed by atoms with Gasteiger partial charge in [-0.3, -0.25) is 4.55 Å². The van der Waals surface area contributed by atoms with Crippen molar-refractivity contribution in [2.24, 2.45) is 0 Å². The Morgan fingerprint density at radius 2 is 1.39 bits per heavy atom. The second-order valence-electron chi connectivity index (χ2n) is 4.70. The number of carbonyl (C=O) groups is 2. The Morgan fingerprint density at radius 1 is 0.964 bits per heavy atom. The maximum atomic E-state index is 13.1. The normalized spacial score (nSPS) is 12.5. The van der Waals surface area contributed by atoms with Gasteiger partial charge >= 0.3 is 32.6 Å². The maximum absolute atomic E-state index is 13.1. The molecular formula is C12H10F4O10S2. The van der Waals surface area contributed by atoms with Crippen LogP contribution in [-0.2, 0) is 51.8 Å². The topological polar surface area (TPSA) is 146 Å². The van der Waals surface area contributed by atoms with E-state index in [1.807, 2.05) is 0 Å². The first-order chi connectivity index (χ1) is 12.8. The zero-order chi connectivity index (χ0) is 21.6. The third-order valence-electron chi connectivity index (χ3n) is 2.73. The standard InChI is InChI=1S/C12H10F4O10S2/c13-11(14,27-26-25-19)9(17)23-5-7-1-3-8(4-2-7)6-24-10(18)12(15,16)28(20,21)22/h1-4,19H,5-6H2,(H,20,21,22). The minimum atomic E-state index is -6.00. The number of hydrogen-bond donors (Lipinski definition) is 2. The number of ether oxygens (including phenoxy) is 2. The van der Waals surface area contributed by atoms with Crippen molar-refractivity contribution >= 4 is 34.1 Å². The van der Waals surface area contributed by atoms with Gasteiger partial charge < -0.3 is 9.47 Å². The summed E-state index contributed by atoms with van der Waals surface area (Å²) in [6.07, 6.45) is 0. The van der Waals surface area contributed by atoms with Crippen LogP contribution in [0.15, 0.2) is 24.3 Å². The number of benzene rings is 1. The van der Waals surface area contributed by atoms with E-state index < -0.39 is 57.8 Å². The van der Waals surface area contributed by atoms with E-state index in [9.17, 15) is 35.6 Å². The monoisotopic (exact) mass is 454 g/mol. The Hall–Kier alpha value is -1.98. The molecule has 0 aromatic heterocycles. The molecule has 10 nitrogen and oxygen atoms in total. The van der Waals surface area contributed by atoms with Crippen molar-refractivity contribution in [2.45, 2.75) is 23.7 Å². The van der Waals surface area contributed by atoms with Crippen LogP contribution in [0.2, 0.25) is 0 Å². The fraction of sp³-hybridized carbons (Fsp3) is 0.333. The molecule has 0 atom stereocenters. The van der Waals surface area contributed by atoms with Crippen molar-refractivity contribution in [3.05, 3.63) is 35.4 Å². The third-order valence-corrected chi connectivity index (χ3v) is 4.05. The second-order valence-corrected chi connectivity index (χ2v) is 6.98. The molecular weight excluding hydrogens is 444 g/mol. The largest absolute Gasteiger partial charge is 0.465 e. The Morgan fingerprint density at radius 3 is 1.79 bits per heavy atom. The van der Waals surface area contributed by atoms with Gasteiger partial charge in [-0.25, -0.2) is 14.8 Å². The van der Waals surface area contributed by atoms with Crippen molar-refractivity contribution in [3.8, 4) is 0 Å². The predicted molar refractivity (Wildman–Crippen MR) is 79.9 cm³/mol. The zero-order valence-corrected chi connectivity index (χ0v) is 14.8. The number of halogens is 4. The number of rotatable bonds is 10. The summed E-state index contributed by atoms with van der Waals surface area (Å²) < 4.78 is 93.1. The summed E-state index contributed by atoms with van der Waals surface area (Å²) in [5.41, 5.74) is 0.260. The van der Waals surface area contributed by atoms with Crippen LogP contribution in [0.1, 0.15) is 11.1 Å². The van der Waals surface area contributed by atoms with Crippen molar-refractivity contribution < 1.29 is 64.2 Å². The highest BCUT2D eigenvalue weighted by molar-refractivity contribution is 7.96. The first-order valence-electron chi connectivity index (χ1n) is 6.62. The average molecular weight is 454 g/mol. The van der Waals surface area contributed by atoms with Gasteiger partial charge in [0.25, 0.3) is 0 Å². The van der Waals surface area contributed by atoms with Gasteiger partial charge in [0.1, 0.15) is 25.3 Å². The molecule has 2 N–H and O–H groups in total. The lowest BCUT2D eigenvalue weighted by molar-refractivity contribution is -0.433. The molecule has 0 radical (unpaired) electrons. The summed E-state index contributed by atoms with van der Waals surface area (Å²) >= 11 is -0.813. The highest BCUT2D eigenvalue weighted by Crippen LogP contribution is 2.31. The van der Waals surface area contributed by atoms with Crippen LogP contribution >= 0.6 is 12.0 Å². The molecule has 16 heteroatoms. The fourth-order valence-electron chi connectivity index (χ4n) is 1.39. The smallest absolute Gasteiger partial charge is 0.456 e. The Bertz CT molecular complexity index is 797. The molecule has 0 aliphatic heterocycles. The van der Waals surface area contributed by atoms with E-state index in [4.69, 9.17) is 9.81 Å². The van der Waals surface area contributed by atoms with Crippen molar-refractivity contribution in [1.82, 2.24) is 0 Å². The highest BCUT2D eigenvalue weighted by atomic mass is 32.2. The Labute approximate surface area is 158 Å². The van der Waals surface area contributed by atoms with Crippen molar-refractivity contribution in [3.63, 3.8) is 0 Å². The lowest BCUT2D eigenvalue weighted by atomic mass is 10.1. The van der Waals surface area contributed by atoms with Gasteiger partial charge in [0.2, 0.25) is 0 Å². The summed E-state index contributed by atoms with van der Waals surface area (Å²) in [4.78, 5) is 22.2. The molecule has 0 spiro atoms. The summed E-state index contributed by atoms with van der Waals surface area (Å²) in [7, 11) is -6.00. The third kappa shape index (κ3) is 6.57. The Balaban J connectivity index is 2.58. The van der Waals surface area contributed by atoms with Crippen LogP contribution in [0.4, 0.5) is 17.6 Å². The SMILES string of the molecule is O=C(OCc1ccc(COC(=O)C(F)(F)S(=O)(=O)O)cc1)C(F)(F)SOOO. The first-order valence-corrected chi connectivity index (χ1v) is 8.80. The van der Waals surface area contributed by atoms with Crippen LogP contribution < -0.4 is 0 Å². The van der Waals surface area contributed by atoms with Gasteiger partial charge in [0.05, 0.1) is 0 Å². The summed E-state index contributed by atoms with van der Waals surface area (Å²) in [6.45, 7) is -1.42. The number of esters is 2. The van der Waals surface area contributed by atoms with Gasteiger partial charge in [-0.2, -0.15) is 26.0 Å². The van der Waals surface area contributed by atoms with Crippen LogP contribution in [0.3, 0.4) is 0 Å². The highest BCUT2D eigenvalue weighted by Gasteiger charge is 2.54. The summed E-state index contributed by atoms with van der Waals surface area (Å²) in [6, 6.07) is 4.77. The van der Waals surface area contributed by atoms with E-state index in [0.29, 0.717) is 0 Å². The molecule has 0 aliphatic carbocycles. The minimum Gasteiger partial charge on any atom is -0.456 e. The summed E-state index contributed by atoms with van der Waals surface area (Å²) in [5.74, 6) is -4.51. The van der Waals surface area contributed by atoms with Crippen molar-refractivity contribution in [2.75, 3.05) is 0 Å². The quantitative estimate of drug-likeness (QED) is 0.133. The van der Waals surface area contributed by atoms with Gasteiger partial charge in [-0.15, -0.1) is 4.33 Å². The molecule has 158 valence electrons. The van der Waals surface area contributed by atoms with E-state index in [1.165, 1.54) is 24.3 Å². The fourth-order valence-corrected chi connectivity index (χ4v) is 1.91. The molecule has 1 aromatic carbocycles. The minimum absolute atomic E-state index is 0.0870. The first kappa shape index (κ1) is 24.1. The zero-order valence-electron chi connectivity index (χ0n) is 13.2. The number of alkyl halides is 4. The average Bonchev–Trinajstić information content (AvgIpc) is 2.62. The van der Waals surface area contributed by atoms with Crippen LogP contribution in [0.5, 0.6) is 0 Å². The molecule has 0 saturated carbocycles. The lowest BCUT2D eigenvalue weighted by Crippen LogP contribution is -2.38. The molecule has 0 bridgehead atoms. The molecule has 0 amide bonds. The molecule has 28 heavy (non-hydrogen) atoms. The number of hydrogen-bond acceptors (Lipinski definition) is 10. The molecule has 1 rings (SSSR count).